The Bertz CT molecular complexity index is 360. The minimum atomic E-state index is -0.112. The number of nitrogens with one attached hydrogen (secondary N) is 1. The van der Waals surface area contributed by atoms with Crippen LogP contribution in [-0.4, -0.2) is 24.4 Å². The van der Waals surface area contributed by atoms with Gasteiger partial charge in [0.05, 0.1) is 0 Å². The number of halogens is 2. The van der Waals surface area contributed by atoms with E-state index in [1.807, 2.05) is 0 Å². The van der Waals surface area contributed by atoms with E-state index in [1.165, 1.54) is 0 Å². The minimum Gasteiger partial charge on any atom is -0.484 e. The second-order valence-electron chi connectivity index (χ2n) is 3.49. The standard InChI is InChI=1S/C12H15BrClNO2/c13-6-1-2-7-15-12(16)9-17-11-5-3-4-10(14)8-11/h3-5,8H,1-2,6-7,9H2,(H,15,16). The van der Waals surface area contributed by atoms with Gasteiger partial charge >= 0.3 is 0 Å². The van der Waals surface area contributed by atoms with Crippen molar-refractivity contribution in [3.05, 3.63) is 29.3 Å². The van der Waals surface area contributed by atoms with Gasteiger partial charge in [0.25, 0.3) is 5.91 Å². The first-order valence-electron chi connectivity index (χ1n) is 5.43. The van der Waals surface area contributed by atoms with Gasteiger partial charge in [-0.25, -0.2) is 0 Å². The monoisotopic (exact) mass is 319 g/mol. The highest BCUT2D eigenvalue weighted by atomic mass is 79.9. The van der Waals surface area contributed by atoms with Gasteiger partial charge in [0.2, 0.25) is 0 Å². The van der Waals surface area contributed by atoms with Gasteiger partial charge in [-0.2, -0.15) is 0 Å². The Morgan fingerprint density at radius 3 is 2.94 bits per heavy atom. The lowest BCUT2D eigenvalue weighted by Gasteiger charge is -2.07. The molecule has 1 amide bonds. The Hall–Kier alpha value is -0.740. The lowest BCUT2D eigenvalue weighted by molar-refractivity contribution is -0.123. The number of amides is 1. The minimum absolute atomic E-state index is 0.0225. The first kappa shape index (κ1) is 14.3. The lowest BCUT2D eigenvalue weighted by Crippen LogP contribution is -2.29. The Kier molecular flexibility index (Phi) is 7.05. The molecule has 1 aromatic rings. The highest BCUT2D eigenvalue weighted by Gasteiger charge is 2.02. The van der Waals surface area contributed by atoms with Crippen LogP contribution in [0.1, 0.15) is 12.8 Å². The summed E-state index contributed by atoms with van der Waals surface area (Å²) < 4.78 is 5.30. The van der Waals surface area contributed by atoms with Crippen LogP contribution in [0.2, 0.25) is 5.02 Å². The van der Waals surface area contributed by atoms with Crippen LogP contribution >= 0.6 is 27.5 Å². The quantitative estimate of drug-likeness (QED) is 0.619. The molecule has 94 valence electrons. The molecule has 1 rings (SSSR count). The molecule has 0 atom stereocenters. The van der Waals surface area contributed by atoms with Crippen molar-refractivity contribution in [3.63, 3.8) is 0 Å². The van der Waals surface area contributed by atoms with E-state index in [0.29, 0.717) is 17.3 Å². The van der Waals surface area contributed by atoms with Crippen molar-refractivity contribution in [3.8, 4) is 5.75 Å². The predicted octanol–water partition coefficient (Wildman–Crippen LogP) is 3.01. The molecule has 17 heavy (non-hydrogen) atoms. The summed E-state index contributed by atoms with van der Waals surface area (Å²) >= 11 is 9.13. The summed E-state index contributed by atoms with van der Waals surface area (Å²) in [6, 6.07) is 6.99. The summed E-state index contributed by atoms with van der Waals surface area (Å²) in [5.74, 6) is 0.493. The smallest absolute Gasteiger partial charge is 0.257 e. The first-order valence-corrected chi connectivity index (χ1v) is 6.93. The summed E-state index contributed by atoms with van der Waals surface area (Å²) in [7, 11) is 0. The molecule has 0 unspecified atom stereocenters. The zero-order valence-electron chi connectivity index (χ0n) is 9.42. The second-order valence-corrected chi connectivity index (χ2v) is 4.72. The van der Waals surface area contributed by atoms with Gasteiger partial charge in [0.1, 0.15) is 5.75 Å². The molecular formula is C12H15BrClNO2. The Morgan fingerprint density at radius 1 is 1.41 bits per heavy atom. The molecular weight excluding hydrogens is 305 g/mol. The van der Waals surface area contributed by atoms with E-state index in [9.17, 15) is 4.79 Å². The highest BCUT2D eigenvalue weighted by Crippen LogP contribution is 2.16. The number of hydrogen-bond acceptors (Lipinski definition) is 2. The van der Waals surface area contributed by atoms with Crippen molar-refractivity contribution in [2.45, 2.75) is 12.8 Å². The van der Waals surface area contributed by atoms with Gasteiger partial charge in [0.15, 0.2) is 6.61 Å². The zero-order chi connectivity index (χ0) is 12.5. The third-order valence-electron chi connectivity index (χ3n) is 2.05. The van der Waals surface area contributed by atoms with Crippen LogP contribution < -0.4 is 10.1 Å². The van der Waals surface area contributed by atoms with Crippen molar-refractivity contribution in [2.75, 3.05) is 18.5 Å². The van der Waals surface area contributed by atoms with Crippen LogP contribution in [0.25, 0.3) is 0 Å². The molecule has 0 aliphatic carbocycles. The van der Waals surface area contributed by atoms with Gasteiger partial charge in [-0.3, -0.25) is 4.79 Å². The molecule has 0 heterocycles. The molecule has 5 heteroatoms. The molecule has 1 N–H and O–H groups in total. The Labute approximate surface area is 115 Å². The van der Waals surface area contributed by atoms with Gasteiger partial charge in [0, 0.05) is 16.9 Å². The van der Waals surface area contributed by atoms with Crippen molar-refractivity contribution >= 4 is 33.4 Å². The van der Waals surface area contributed by atoms with Gasteiger partial charge in [-0.05, 0) is 31.0 Å². The molecule has 0 aliphatic rings. The topological polar surface area (TPSA) is 38.3 Å². The van der Waals surface area contributed by atoms with Crippen LogP contribution in [0.5, 0.6) is 5.75 Å². The summed E-state index contributed by atoms with van der Waals surface area (Å²) in [5.41, 5.74) is 0. The fraction of sp³-hybridized carbons (Fsp3) is 0.417. The van der Waals surface area contributed by atoms with Crippen LogP contribution in [0.15, 0.2) is 24.3 Å². The van der Waals surface area contributed by atoms with E-state index in [0.717, 1.165) is 18.2 Å². The molecule has 0 spiro atoms. The van der Waals surface area contributed by atoms with Crippen molar-refractivity contribution < 1.29 is 9.53 Å². The second kappa shape index (κ2) is 8.37. The molecule has 0 saturated carbocycles. The molecule has 0 fully saturated rings. The molecule has 1 aromatic carbocycles. The molecule has 3 nitrogen and oxygen atoms in total. The van der Waals surface area contributed by atoms with E-state index in [4.69, 9.17) is 16.3 Å². The molecule has 0 radical (unpaired) electrons. The zero-order valence-corrected chi connectivity index (χ0v) is 11.8. The van der Waals surface area contributed by atoms with E-state index >= 15 is 0 Å². The van der Waals surface area contributed by atoms with Crippen LogP contribution in [0.4, 0.5) is 0 Å². The van der Waals surface area contributed by atoms with Gasteiger partial charge < -0.3 is 10.1 Å². The summed E-state index contributed by atoms with van der Waals surface area (Å²) in [6.07, 6.45) is 2.02. The van der Waals surface area contributed by atoms with Gasteiger partial charge in [-0.1, -0.05) is 33.6 Å². The third kappa shape index (κ3) is 6.54. The van der Waals surface area contributed by atoms with Crippen molar-refractivity contribution in [2.24, 2.45) is 0 Å². The van der Waals surface area contributed by atoms with Crippen LogP contribution in [0.3, 0.4) is 0 Å². The maximum atomic E-state index is 11.4. The van der Waals surface area contributed by atoms with Gasteiger partial charge in [-0.15, -0.1) is 0 Å². The average Bonchev–Trinajstić information content (AvgIpc) is 2.32. The summed E-state index contributed by atoms with van der Waals surface area (Å²) in [4.78, 5) is 11.4. The molecule has 0 bridgehead atoms. The maximum Gasteiger partial charge on any atom is 0.257 e. The SMILES string of the molecule is O=C(COc1cccc(Cl)c1)NCCCCBr. The molecule has 0 aromatic heterocycles. The summed E-state index contributed by atoms with van der Waals surface area (Å²) in [6.45, 7) is 0.706. The van der Waals surface area contributed by atoms with E-state index in [-0.39, 0.29) is 12.5 Å². The Morgan fingerprint density at radius 2 is 2.24 bits per heavy atom. The number of carbonyl (C=O) groups excluding carboxylic acids is 1. The number of ether oxygens (including phenoxy) is 1. The lowest BCUT2D eigenvalue weighted by atomic mass is 10.3. The predicted molar refractivity (Wildman–Crippen MR) is 73.0 cm³/mol. The Balaban J connectivity index is 2.19. The normalized spacial score (nSPS) is 10.0. The fourth-order valence-corrected chi connectivity index (χ4v) is 1.78. The maximum absolute atomic E-state index is 11.4. The first-order chi connectivity index (χ1) is 8.22. The van der Waals surface area contributed by atoms with Crippen molar-refractivity contribution in [1.29, 1.82) is 0 Å². The van der Waals surface area contributed by atoms with Crippen LogP contribution in [-0.2, 0) is 4.79 Å². The fourth-order valence-electron chi connectivity index (χ4n) is 1.20. The van der Waals surface area contributed by atoms with E-state index in [1.54, 1.807) is 24.3 Å². The number of benzene rings is 1. The largest absolute Gasteiger partial charge is 0.484 e. The number of carbonyl (C=O) groups is 1. The number of alkyl halides is 1. The van der Waals surface area contributed by atoms with E-state index in [2.05, 4.69) is 21.2 Å². The average molecular weight is 321 g/mol. The molecule has 0 saturated heterocycles. The molecule has 0 aliphatic heterocycles. The number of hydrogen-bond donors (Lipinski definition) is 1. The summed E-state index contributed by atoms with van der Waals surface area (Å²) in [5, 5.41) is 4.34. The number of unbranched alkanes of at least 4 members (excludes halogenated alkanes) is 1. The third-order valence-corrected chi connectivity index (χ3v) is 2.84. The van der Waals surface area contributed by atoms with Crippen LogP contribution in [0, 0.1) is 0 Å². The number of rotatable bonds is 7. The van der Waals surface area contributed by atoms with Crippen molar-refractivity contribution in [1.82, 2.24) is 5.32 Å². The highest BCUT2D eigenvalue weighted by molar-refractivity contribution is 9.09. The van der Waals surface area contributed by atoms with E-state index < -0.39 is 0 Å².